The third kappa shape index (κ3) is 2.91. The Morgan fingerprint density at radius 1 is 1.10 bits per heavy atom. The van der Waals surface area contributed by atoms with Crippen molar-refractivity contribution in [3.63, 3.8) is 0 Å². The van der Waals surface area contributed by atoms with Crippen molar-refractivity contribution in [2.45, 2.75) is 19.3 Å². The fourth-order valence-corrected chi connectivity index (χ4v) is 3.53. The van der Waals surface area contributed by atoms with Crippen molar-refractivity contribution in [1.82, 2.24) is 9.80 Å². The molecule has 0 radical (unpaired) electrons. The maximum absolute atomic E-state index is 12.6. The van der Waals surface area contributed by atoms with Crippen LogP contribution in [0, 0.1) is 5.41 Å². The van der Waals surface area contributed by atoms with Crippen LogP contribution in [0.15, 0.2) is 24.3 Å². The summed E-state index contributed by atoms with van der Waals surface area (Å²) in [7, 11) is 3.82. The molecule has 2 aliphatic rings. The molecule has 2 heterocycles. The minimum atomic E-state index is 0.161. The molecule has 0 N–H and O–H groups in total. The molecule has 1 spiro atoms. The van der Waals surface area contributed by atoms with E-state index in [1.54, 1.807) is 7.11 Å². The topological polar surface area (TPSA) is 32.8 Å². The van der Waals surface area contributed by atoms with Gasteiger partial charge in [0.05, 0.1) is 7.11 Å². The van der Waals surface area contributed by atoms with Crippen molar-refractivity contribution in [2.24, 2.45) is 5.41 Å². The summed E-state index contributed by atoms with van der Waals surface area (Å²) in [4.78, 5) is 17.0. The molecule has 21 heavy (non-hydrogen) atoms. The number of benzene rings is 1. The number of methoxy groups -OCH3 is 1. The van der Waals surface area contributed by atoms with Gasteiger partial charge in [0.2, 0.25) is 0 Å². The second-order valence-corrected chi connectivity index (χ2v) is 6.51. The van der Waals surface area contributed by atoms with Crippen molar-refractivity contribution in [2.75, 3.05) is 40.3 Å². The number of likely N-dealkylation sites (tertiary alicyclic amines) is 2. The number of carbonyl (C=O) groups excluding carboxylic acids is 1. The highest BCUT2D eigenvalue weighted by Gasteiger charge is 2.41. The van der Waals surface area contributed by atoms with Crippen LogP contribution in [0.2, 0.25) is 0 Å². The van der Waals surface area contributed by atoms with Crippen LogP contribution >= 0.6 is 0 Å². The molecule has 0 atom stereocenters. The van der Waals surface area contributed by atoms with Crippen molar-refractivity contribution in [1.29, 1.82) is 0 Å². The summed E-state index contributed by atoms with van der Waals surface area (Å²) in [6, 6.07) is 7.44. The standard InChI is InChI=1S/C17H24N2O2/c1-18-10-7-17(8-11-18)9-12-19(13-17)16(20)14-3-5-15(21-2)6-4-14/h3-6H,7-13H2,1-2H3. The molecule has 114 valence electrons. The van der Waals surface area contributed by atoms with Crippen LogP contribution in [0.3, 0.4) is 0 Å². The number of nitrogens with zero attached hydrogens (tertiary/aromatic N) is 2. The van der Waals surface area contributed by atoms with Crippen LogP contribution in [0.5, 0.6) is 5.75 Å². The number of hydrogen-bond acceptors (Lipinski definition) is 3. The first-order valence-corrected chi connectivity index (χ1v) is 7.74. The minimum absolute atomic E-state index is 0.161. The molecule has 0 bridgehead atoms. The zero-order valence-electron chi connectivity index (χ0n) is 13.0. The Kier molecular flexibility index (Phi) is 3.89. The first-order chi connectivity index (χ1) is 10.1. The summed E-state index contributed by atoms with van der Waals surface area (Å²) in [5.41, 5.74) is 1.13. The molecule has 0 aromatic heterocycles. The Hall–Kier alpha value is -1.55. The average Bonchev–Trinajstić information content (AvgIpc) is 2.94. The van der Waals surface area contributed by atoms with Crippen molar-refractivity contribution in [3.05, 3.63) is 29.8 Å². The predicted octanol–water partition coefficient (Wildman–Crippen LogP) is 2.25. The summed E-state index contributed by atoms with van der Waals surface area (Å²) < 4.78 is 5.14. The van der Waals surface area contributed by atoms with E-state index in [9.17, 15) is 4.79 Å². The molecule has 0 aliphatic carbocycles. The van der Waals surface area contributed by atoms with Crippen LogP contribution in [-0.2, 0) is 0 Å². The highest BCUT2D eigenvalue weighted by molar-refractivity contribution is 5.94. The van der Waals surface area contributed by atoms with Gasteiger partial charge in [-0.15, -0.1) is 0 Å². The zero-order valence-corrected chi connectivity index (χ0v) is 13.0. The second-order valence-electron chi connectivity index (χ2n) is 6.51. The SMILES string of the molecule is COc1ccc(C(=O)N2CCC3(CCN(C)CC3)C2)cc1. The number of piperidine rings is 1. The van der Waals surface area contributed by atoms with Crippen LogP contribution in [0.25, 0.3) is 0 Å². The molecule has 1 aromatic carbocycles. The minimum Gasteiger partial charge on any atom is -0.497 e. The van der Waals surface area contributed by atoms with Crippen LogP contribution in [0.1, 0.15) is 29.6 Å². The van der Waals surface area contributed by atoms with Gasteiger partial charge in [-0.2, -0.15) is 0 Å². The molecular weight excluding hydrogens is 264 g/mol. The fraction of sp³-hybridized carbons (Fsp3) is 0.588. The number of ether oxygens (including phenoxy) is 1. The molecule has 4 heteroatoms. The van der Waals surface area contributed by atoms with Gasteiger partial charge < -0.3 is 14.5 Å². The lowest BCUT2D eigenvalue weighted by Gasteiger charge is -2.37. The van der Waals surface area contributed by atoms with E-state index in [0.717, 1.165) is 43.9 Å². The Labute approximate surface area is 126 Å². The quantitative estimate of drug-likeness (QED) is 0.837. The van der Waals surface area contributed by atoms with Crippen molar-refractivity contribution < 1.29 is 9.53 Å². The molecule has 1 aromatic rings. The van der Waals surface area contributed by atoms with Gasteiger partial charge in [0, 0.05) is 18.7 Å². The van der Waals surface area contributed by atoms with Crippen LogP contribution in [0.4, 0.5) is 0 Å². The highest BCUT2D eigenvalue weighted by Crippen LogP contribution is 2.40. The van der Waals surface area contributed by atoms with E-state index in [-0.39, 0.29) is 5.91 Å². The van der Waals surface area contributed by atoms with Gasteiger partial charge in [-0.05, 0) is 69.1 Å². The Bertz CT molecular complexity index is 504. The number of rotatable bonds is 2. The number of amides is 1. The van der Waals surface area contributed by atoms with E-state index in [4.69, 9.17) is 4.74 Å². The summed E-state index contributed by atoms with van der Waals surface area (Å²) in [6.45, 7) is 4.13. The number of carbonyl (C=O) groups is 1. The second kappa shape index (κ2) is 5.68. The van der Waals surface area contributed by atoms with Crippen molar-refractivity contribution >= 4 is 5.91 Å². The van der Waals surface area contributed by atoms with E-state index in [1.165, 1.54) is 12.8 Å². The van der Waals surface area contributed by atoms with E-state index in [0.29, 0.717) is 5.41 Å². The predicted molar refractivity (Wildman–Crippen MR) is 82.7 cm³/mol. The summed E-state index contributed by atoms with van der Waals surface area (Å²) in [5, 5.41) is 0. The molecule has 3 rings (SSSR count). The van der Waals surface area contributed by atoms with Crippen molar-refractivity contribution in [3.8, 4) is 5.75 Å². The van der Waals surface area contributed by atoms with Gasteiger partial charge in [0.1, 0.15) is 5.75 Å². The maximum atomic E-state index is 12.6. The summed E-state index contributed by atoms with van der Waals surface area (Å²) in [6.07, 6.45) is 3.59. The van der Waals surface area contributed by atoms with Gasteiger partial charge in [-0.1, -0.05) is 0 Å². The van der Waals surface area contributed by atoms with Gasteiger partial charge in [0.25, 0.3) is 5.91 Å². The summed E-state index contributed by atoms with van der Waals surface area (Å²) >= 11 is 0. The molecular formula is C17H24N2O2. The normalized spacial score (nSPS) is 21.7. The average molecular weight is 288 g/mol. The smallest absolute Gasteiger partial charge is 0.253 e. The molecule has 2 aliphatic heterocycles. The maximum Gasteiger partial charge on any atom is 0.253 e. The van der Waals surface area contributed by atoms with E-state index < -0.39 is 0 Å². The zero-order chi connectivity index (χ0) is 14.9. The molecule has 0 saturated carbocycles. The lowest BCUT2D eigenvalue weighted by Crippen LogP contribution is -2.40. The Morgan fingerprint density at radius 2 is 1.71 bits per heavy atom. The van der Waals surface area contributed by atoms with Gasteiger partial charge in [-0.25, -0.2) is 0 Å². The Balaban J connectivity index is 1.66. The molecule has 2 fully saturated rings. The fourth-order valence-electron chi connectivity index (χ4n) is 3.53. The Morgan fingerprint density at radius 3 is 2.33 bits per heavy atom. The summed E-state index contributed by atoms with van der Waals surface area (Å²) in [5.74, 6) is 0.952. The van der Waals surface area contributed by atoms with E-state index >= 15 is 0 Å². The van der Waals surface area contributed by atoms with Gasteiger partial charge in [-0.3, -0.25) is 4.79 Å². The highest BCUT2D eigenvalue weighted by atomic mass is 16.5. The molecule has 0 unspecified atom stereocenters. The van der Waals surface area contributed by atoms with E-state index in [1.807, 2.05) is 29.2 Å². The third-order valence-corrected chi connectivity index (χ3v) is 5.11. The van der Waals surface area contributed by atoms with Crippen LogP contribution in [-0.4, -0.2) is 56.0 Å². The molecule has 1 amide bonds. The lowest BCUT2D eigenvalue weighted by molar-refractivity contribution is 0.0736. The van der Waals surface area contributed by atoms with E-state index in [2.05, 4.69) is 11.9 Å². The van der Waals surface area contributed by atoms with Crippen LogP contribution < -0.4 is 4.74 Å². The first kappa shape index (κ1) is 14.4. The van der Waals surface area contributed by atoms with Gasteiger partial charge >= 0.3 is 0 Å². The lowest BCUT2D eigenvalue weighted by atomic mass is 9.78. The molecule has 4 nitrogen and oxygen atoms in total. The monoisotopic (exact) mass is 288 g/mol. The van der Waals surface area contributed by atoms with Gasteiger partial charge in [0.15, 0.2) is 0 Å². The first-order valence-electron chi connectivity index (χ1n) is 7.74. The third-order valence-electron chi connectivity index (χ3n) is 5.11. The largest absolute Gasteiger partial charge is 0.497 e. The number of hydrogen-bond donors (Lipinski definition) is 0. The molecule has 2 saturated heterocycles.